The minimum atomic E-state index is 0. The number of methoxy groups -OCH3 is 2. The third kappa shape index (κ3) is 6.07. The van der Waals surface area contributed by atoms with Crippen molar-refractivity contribution >= 4 is 29.9 Å². The summed E-state index contributed by atoms with van der Waals surface area (Å²) in [7, 11) is 5.15. The van der Waals surface area contributed by atoms with Gasteiger partial charge in [-0.2, -0.15) is 0 Å². The third-order valence-corrected chi connectivity index (χ3v) is 3.43. The number of rotatable bonds is 7. The van der Waals surface area contributed by atoms with E-state index < -0.39 is 0 Å². The van der Waals surface area contributed by atoms with Gasteiger partial charge in [-0.3, -0.25) is 0 Å². The fourth-order valence-corrected chi connectivity index (χ4v) is 2.12. The van der Waals surface area contributed by atoms with Crippen molar-refractivity contribution in [1.29, 1.82) is 0 Å². The zero-order valence-corrected chi connectivity index (χ0v) is 17.3. The van der Waals surface area contributed by atoms with E-state index in [1.54, 1.807) is 20.5 Å². The van der Waals surface area contributed by atoms with Gasteiger partial charge < -0.3 is 24.7 Å². The molecule has 0 saturated heterocycles. The lowest BCUT2D eigenvalue weighted by molar-refractivity contribution is 0.354. The Balaban J connectivity index is 0.00000312. The van der Waals surface area contributed by atoms with Gasteiger partial charge in [0.1, 0.15) is 6.33 Å². The average Bonchev–Trinajstić information content (AvgIpc) is 3.02. The van der Waals surface area contributed by atoms with Crippen molar-refractivity contribution in [2.24, 2.45) is 12.0 Å². The van der Waals surface area contributed by atoms with Crippen molar-refractivity contribution < 1.29 is 9.47 Å². The SMILES string of the molecule is CCNC(=NCc1ccc(OC)c(OC)c1)NCc1nncn1C.I. The minimum absolute atomic E-state index is 0. The predicted molar refractivity (Wildman–Crippen MR) is 108 cm³/mol. The monoisotopic (exact) mass is 460 g/mol. The summed E-state index contributed by atoms with van der Waals surface area (Å²) in [5, 5.41) is 14.4. The number of benzene rings is 1. The second-order valence-corrected chi connectivity index (χ2v) is 5.10. The van der Waals surface area contributed by atoms with Crippen LogP contribution >= 0.6 is 24.0 Å². The fourth-order valence-electron chi connectivity index (χ4n) is 2.12. The van der Waals surface area contributed by atoms with E-state index in [0.717, 1.165) is 23.9 Å². The molecule has 0 saturated carbocycles. The number of aromatic nitrogens is 3. The van der Waals surface area contributed by atoms with E-state index in [-0.39, 0.29) is 24.0 Å². The van der Waals surface area contributed by atoms with Crippen LogP contribution in [-0.4, -0.2) is 41.5 Å². The van der Waals surface area contributed by atoms with E-state index in [2.05, 4.69) is 25.8 Å². The van der Waals surface area contributed by atoms with Gasteiger partial charge in [0.15, 0.2) is 23.3 Å². The normalized spacial score (nSPS) is 10.8. The maximum Gasteiger partial charge on any atom is 0.191 e. The maximum absolute atomic E-state index is 5.32. The molecule has 0 aliphatic rings. The molecule has 2 aromatic rings. The highest BCUT2D eigenvalue weighted by atomic mass is 127. The van der Waals surface area contributed by atoms with E-state index >= 15 is 0 Å². The Morgan fingerprint density at radius 1 is 1.20 bits per heavy atom. The molecule has 1 heterocycles. The predicted octanol–water partition coefficient (Wildman–Crippen LogP) is 1.71. The molecule has 0 aliphatic heterocycles. The molecular formula is C16H25IN6O2. The largest absolute Gasteiger partial charge is 0.493 e. The smallest absolute Gasteiger partial charge is 0.191 e. The standard InChI is InChI=1S/C16H24N6O2.HI/c1-5-17-16(19-10-15-21-20-11-22(15)2)18-9-12-6-7-13(23-3)14(8-12)24-4;/h6-8,11H,5,9-10H2,1-4H3,(H2,17,18,19);1H. The van der Waals surface area contributed by atoms with Crippen molar-refractivity contribution in [2.75, 3.05) is 20.8 Å². The van der Waals surface area contributed by atoms with E-state index in [9.17, 15) is 0 Å². The topological polar surface area (TPSA) is 85.6 Å². The summed E-state index contributed by atoms with van der Waals surface area (Å²) in [5.41, 5.74) is 1.03. The van der Waals surface area contributed by atoms with Crippen molar-refractivity contribution in [1.82, 2.24) is 25.4 Å². The van der Waals surface area contributed by atoms with Gasteiger partial charge in [0.2, 0.25) is 0 Å². The Kier molecular flexibility index (Phi) is 9.03. The molecule has 8 nitrogen and oxygen atoms in total. The van der Waals surface area contributed by atoms with Gasteiger partial charge in [-0.05, 0) is 24.6 Å². The number of nitrogens with zero attached hydrogens (tertiary/aromatic N) is 4. The fraction of sp³-hybridized carbons (Fsp3) is 0.438. The van der Waals surface area contributed by atoms with Crippen molar-refractivity contribution in [3.63, 3.8) is 0 Å². The summed E-state index contributed by atoms with van der Waals surface area (Å²) >= 11 is 0. The zero-order chi connectivity index (χ0) is 17.4. The molecule has 0 fully saturated rings. The minimum Gasteiger partial charge on any atom is -0.493 e. The number of hydrogen-bond donors (Lipinski definition) is 2. The van der Waals surface area contributed by atoms with Crippen LogP contribution in [0, 0.1) is 0 Å². The molecule has 0 radical (unpaired) electrons. The Bertz CT molecular complexity index is 689. The highest BCUT2D eigenvalue weighted by molar-refractivity contribution is 14.0. The summed E-state index contributed by atoms with van der Waals surface area (Å²) in [4.78, 5) is 4.58. The van der Waals surface area contributed by atoms with Crippen molar-refractivity contribution in [2.45, 2.75) is 20.0 Å². The zero-order valence-electron chi connectivity index (χ0n) is 14.9. The average molecular weight is 460 g/mol. The number of guanidine groups is 1. The summed E-state index contributed by atoms with van der Waals surface area (Å²) in [5.74, 6) is 2.96. The van der Waals surface area contributed by atoms with Crippen LogP contribution < -0.4 is 20.1 Å². The van der Waals surface area contributed by atoms with Gasteiger partial charge in [0.25, 0.3) is 0 Å². The molecular weight excluding hydrogens is 435 g/mol. The lowest BCUT2D eigenvalue weighted by Gasteiger charge is -2.12. The number of aliphatic imine (C=N–C) groups is 1. The number of hydrogen-bond acceptors (Lipinski definition) is 5. The molecule has 1 aromatic heterocycles. The van der Waals surface area contributed by atoms with E-state index in [1.165, 1.54) is 0 Å². The molecule has 2 N–H and O–H groups in total. The van der Waals surface area contributed by atoms with Gasteiger partial charge in [-0.15, -0.1) is 34.2 Å². The molecule has 0 spiro atoms. The first-order valence-corrected chi connectivity index (χ1v) is 7.73. The van der Waals surface area contributed by atoms with Crippen LogP contribution in [0.15, 0.2) is 29.5 Å². The van der Waals surface area contributed by atoms with Gasteiger partial charge in [0, 0.05) is 13.6 Å². The molecule has 0 aliphatic carbocycles. The van der Waals surface area contributed by atoms with E-state index in [0.29, 0.717) is 24.6 Å². The first-order chi connectivity index (χ1) is 11.7. The Labute approximate surface area is 165 Å². The van der Waals surface area contributed by atoms with Crippen LogP contribution in [0.2, 0.25) is 0 Å². The second-order valence-electron chi connectivity index (χ2n) is 5.10. The molecule has 0 unspecified atom stereocenters. The highest BCUT2D eigenvalue weighted by Gasteiger charge is 2.06. The molecule has 25 heavy (non-hydrogen) atoms. The van der Waals surface area contributed by atoms with Crippen molar-refractivity contribution in [3.05, 3.63) is 35.9 Å². The number of ether oxygens (including phenoxy) is 2. The molecule has 1 aromatic carbocycles. The van der Waals surface area contributed by atoms with Crippen LogP contribution in [-0.2, 0) is 20.1 Å². The second kappa shape index (κ2) is 10.7. The van der Waals surface area contributed by atoms with Gasteiger partial charge in [0.05, 0.1) is 27.3 Å². The quantitative estimate of drug-likeness (QED) is 0.372. The van der Waals surface area contributed by atoms with Gasteiger partial charge in [-0.1, -0.05) is 6.07 Å². The Hall–Kier alpha value is -2.04. The van der Waals surface area contributed by atoms with Crippen LogP contribution in [0.4, 0.5) is 0 Å². The van der Waals surface area contributed by atoms with Crippen molar-refractivity contribution in [3.8, 4) is 11.5 Å². The first kappa shape index (κ1) is 21.0. The molecule has 138 valence electrons. The van der Waals surface area contributed by atoms with Crippen LogP contribution in [0.3, 0.4) is 0 Å². The molecule has 9 heteroatoms. The number of halogens is 1. The van der Waals surface area contributed by atoms with E-state index in [1.807, 2.05) is 36.7 Å². The number of nitrogens with one attached hydrogen (secondary N) is 2. The molecule has 0 atom stereocenters. The molecule has 0 amide bonds. The molecule has 2 rings (SSSR count). The summed E-state index contributed by atoms with van der Waals surface area (Å²) in [6, 6.07) is 5.77. The maximum atomic E-state index is 5.32. The van der Waals surface area contributed by atoms with Gasteiger partial charge in [-0.25, -0.2) is 4.99 Å². The van der Waals surface area contributed by atoms with E-state index in [4.69, 9.17) is 9.47 Å². The summed E-state index contributed by atoms with van der Waals surface area (Å²) < 4.78 is 12.4. The van der Waals surface area contributed by atoms with Crippen LogP contribution in [0.25, 0.3) is 0 Å². The Morgan fingerprint density at radius 2 is 1.96 bits per heavy atom. The molecule has 0 bridgehead atoms. The first-order valence-electron chi connectivity index (χ1n) is 7.73. The lowest BCUT2D eigenvalue weighted by Crippen LogP contribution is -2.37. The van der Waals surface area contributed by atoms with Crippen LogP contribution in [0.5, 0.6) is 11.5 Å². The third-order valence-electron chi connectivity index (χ3n) is 3.43. The summed E-state index contributed by atoms with van der Waals surface area (Å²) in [6.07, 6.45) is 1.67. The highest BCUT2D eigenvalue weighted by Crippen LogP contribution is 2.27. The Morgan fingerprint density at radius 3 is 2.56 bits per heavy atom. The summed E-state index contributed by atoms with van der Waals surface area (Å²) in [6.45, 7) is 3.87. The van der Waals surface area contributed by atoms with Gasteiger partial charge >= 0.3 is 0 Å². The van der Waals surface area contributed by atoms with Crippen LogP contribution in [0.1, 0.15) is 18.3 Å². The number of aryl methyl sites for hydroxylation is 1. The lowest BCUT2D eigenvalue weighted by atomic mass is 10.2.